The molecule has 1 aliphatic rings. The van der Waals surface area contributed by atoms with Crippen molar-refractivity contribution >= 4 is 42.4 Å². The Morgan fingerprint density at radius 3 is 1.44 bits per heavy atom. The third-order valence-corrected chi connectivity index (χ3v) is 10.1. The summed E-state index contributed by atoms with van der Waals surface area (Å²) < 4.78 is 47.7. The number of ether oxygens (including phenoxy) is 9. The molecule has 5 rings (SSSR count). The quantitative estimate of drug-likeness (QED) is 0.00852. The van der Waals surface area contributed by atoms with Crippen LogP contribution in [0.4, 0.5) is 9.59 Å². The predicted molar refractivity (Wildman–Crippen MR) is 246 cm³/mol. The maximum Gasteiger partial charge on any atom is 0.513 e. The fourth-order valence-electron chi connectivity index (χ4n) is 6.63. The molecule has 0 N–H and O–H groups in total. The van der Waals surface area contributed by atoms with E-state index in [9.17, 15) is 24.0 Å². The summed E-state index contributed by atoms with van der Waals surface area (Å²) in [7, 11) is 0. The molecule has 0 saturated heterocycles. The van der Waals surface area contributed by atoms with E-state index in [0.29, 0.717) is 54.6 Å². The van der Waals surface area contributed by atoms with Gasteiger partial charge in [-0.25, -0.2) is 24.0 Å². The highest BCUT2D eigenvalue weighted by molar-refractivity contribution is 5.89. The molecule has 14 nitrogen and oxygen atoms in total. The van der Waals surface area contributed by atoms with E-state index in [2.05, 4.69) is 20.1 Å². The van der Waals surface area contributed by atoms with Crippen LogP contribution in [0.3, 0.4) is 0 Å². The zero-order chi connectivity index (χ0) is 46.9. The van der Waals surface area contributed by atoms with Gasteiger partial charge in [0.2, 0.25) is 6.79 Å². The van der Waals surface area contributed by atoms with E-state index in [4.69, 9.17) is 42.6 Å². The van der Waals surface area contributed by atoms with Crippen molar-refractivity contribution in [3.05, 3.63) is 145 Å². The van der Waals surface area contributed by atoms with Gasteiger partial charge in [0, 0.05) is 24.1 Å². The molecule has 0 aliphatic heterocycles. The Balaban J connectivity index is 0.970. The van der Waals surface area contributed by atoms with Crippen LogP contribution in [0, 0.1) is 0 Å². The highest BCUT2D eigenvalue weighted by Gasteiger charge is 2.26. The van der Waals surface area contributed by atoms with Crippen LogP contribution < -0.4 is 18.9 Å². The molecule has 1 atom stereocenters. The van der Waals surface area contributed by atoms with Crippen molar-refractivity contribution < 1.29 is 66.6 Å². The number of carbonyl (C=O) groups excluding carboxylic acids is 5. The second-order valence-corrected chi connectivity index (χ2v) is 14.8. The smallest absolute Gasteiger partial charge is 0.465 e. The Morgan fingerprint density at radius 1 is 0.500 bits per heavy atom. The molecule has 0 heterocycles. The van der Waals surface area contributed by atoms with E-state index < -0.39 is 30.2 Å². The maximum absolute atomic E-state index is 12.8. The van der Waals surface area contributed by atoms with E-state index in [-0.39, 0.29) is 25.9 Å². The molecule has 66 heavy (non-hydrogen) atoms. The predicted octanol–water partition coefficient (Wildman–Crippen LogP) is 11.1. The number of unbranched alkanes of at least 4 members (excludes halogenated alkanes) is 6. The van der Waals surface area contributed by atoms with E-state index >= 15 is 0 Å². The van der Waals surface area contributed by atoms with Crippen molar-refractivity contribution in [1.29, 1.82) is 0 Å². The fourth-order valence-corrected chi connectivity index (χ4v) is 6.63. The van der Waals surface area contributed by atoms with E-state index in [0.717, 1.165) is 78.5 Å². The Morgan fingerprint density at radius 2 is 0.939 bits per heavy atom. The van der Waals surface area contributed by atoms with E-state index in [1.54, 1.807) is 66.7 Å². The minimum atomic E-state index is -0.808. The second kappa shape index (κ2) is 26.9. The van der Waals surface area contributed by atoms with Crippen LogP contribution in [0.15, 0.2) is 123 Å². The number of hydrogen-bond acceptors (Lipinski definition) is 14. The molecular formula is C52H54O14. The SMILES string of the molecule is C=CC(=O)OCCCCCCOC(=O)Oc1ccc(C=COCOc2ccc3c(c2)C(C)c2cc(OC(=O)C=Cc4ccc(OC(=O)OCCCCCCOC(=O)C=C)cc4)ccc2-3)cc1. The lowest BCUT2D eigenvalue weighted by Crippen LogP contribution is -2.11. The Hall–Kier alpha value is -7.61. The summed E-state index contributed by atoms with van der Waals surface area (Å²) in [5.74, 6) is 0.308. The Bertz CT molecular complexity index is 2330. The first-order chi connectivity index (χ1) is 32.1. The van der Waals surface area contributed by atoms with Gasteiger partial charge in [-0.1, -0.05) is 56.5 Å². The molecule has 1 unspecified atom stereocenters. The van der Waals surface area contributed by atoms with Crippen molar-refractivity contribution in [3.63, 3.8) is 0 Å². The topological polar surface area (TPSA) is 168 Å². The van der Waals surface area contributed by atoms with Crippen LogP contribution in [0.25, 0.3) is 23.3 Å². The van der Waals surface area contributed by atoms with Gasteiger partial charge in [0.1, 0.15) is 23.0 Å². The van der Waals surface area contributed by atoms with Crippen molar-refractivity contribution in [2.24, 2.45) is 0 Å². The summed E-state index contributed by atoms with van der Waals surface area (Å²) in [4.78, 5) is 58.9. The Kier molecular flexibility index (Phi) is 20.1. The van der Waals surface area contributed by atoms with Gasteiger partial charge in [0.05, 0.1) is 32.7 Å². The zero-order valence-electron chi connectivity index (χ0n) is 36.9. The molecule has 14 heteroatoms. The van der Waals surface area contributed by atoms with Gasteiger partial charge in [0.25, 0.3) is 0 Å². The van der Waals surface area contributed by atoms with Gasteiger partial charge in [-0.2, -0.15) is 0 Å². The molecule has 4 aromatic carbocycles. The molecule has 0 fully saturated rings. The number of benzene rings is 4. The van der Waals surface area contributed by atoms with Gasteiger partial charge in [0.15, 0.2) is 0 Å². The molecule has 0 aromatic heterocycles. The lowest BCUT2D eigenvalue weighted by Gasteiger charge is -2.10. The highest BCUT2D eigenvalue weighted by Crippen LogP contribution is 2.47. The first kappa shape index (κ1) is 49.4. The Labute approximate surface area is 384 Å². The first-order valence-corrected chi connectivity index (χ1v) is 21.7. The minimum absolute atomic E-state index is 0.0191. The molecule has 4 aromatic rings. The van der Waals surface area contributed by atoms with Crippen LogP contribution in [-0.2, 0) is 38.1 Å². The van der Waals surface area contributed by atoms with E-state index in [1.807, 2.05) is 30.3 Å². The lowest BCUT2D eigenvalue weighted by atomic mass is 9.99. The van der Waals surface area contributed by atoms with Crippen LogP contribution in [-0.4, -0.2) is 63.4 Å². The number of esters is 3. The highest BCUT2D eigenvalue weighted by atomic mass is 16.7. The molecule has 1 aliphatic carbocycles. The third-order valence-electron chi connectivity index (χ3n) is 10.1. The summed E-state index contributed by atoms with van der Waals surface area (Å²) in [5.41, 5.74) is 5.74. The molecule has 0 saturated carbocycles. The molecule has 0 bridgehead atoms. The lowest BCUT2D eigenvalue weighted by molar-refractivity contribution is -0.138. The van der Waals surface area contributed by atoms with Gasteiger partial charge in [-0.15, -0.1) is 0 Å². The molecule has 0 spiro atoms. The molecule has 346 valence electrons. The van der Waals surface area contributed by atoms with Crippen LogP contribution in [0.5, 0.6) is 23.0 Å². The van der Waals surface area contributed by atoms with Crippen LogP contribution >= 0.6 is 0 Å². The number of carbonyl (C=O) groups is 5. The van der Waals surface area contributed by atoms with Gasteiger partial charge in [-0.3, -0.25) is 0 Å². The summed E-state index contributed by atoms with van der Waals surface area (Å²) in [6, 6.07) is 24.9. The average molecular weight is 903 g/mol. The largest absolute Gasteiger partial charge is 0.513 e. The standard InChI is InChI=1S/C52H54O14/c1-4-48(53)59-29-10-6-8-12-31-61-51(56)65-40-19-14-38(15-20-40)18-27-50(55)64-43-24-26-45-44-25-23-42(34-46(44)37(3)47(45)35-43)63-36-58-33-28-39-16-21-41(22-17-39)66-52(57)62-32-13-9-7-11-30-60-49(54)5-2/h4-5,14-28,33-35,37H,1-2,6-13,29-32,36H2,3H3. The van der Waals surface area contributed by atoms with Gasteiger partial charge >= 0.3 is 30.2 Å². The summed E-state index contributed by atoms with van der Waals surface area (Å²) in [6.07, 6.45) is 13.0. The first-order valence-electron chi connectivity index (χ1n) is 21.7. The van der Waals surface area contributed by atoms with Crippen LogP contribution in [0.1, 0.15) is 86.5 Å². The summed E-state index contributed by atoms with van der Waals surface area (Å²) >= 11 is 0. The maximum atomic E-state index is 12.8. The van der Waals surface area contributed by atoms with Gasteiger partial charge < -0.3 is 42.6 Å². The number of rotatable bonds is 26. The summed E-state index contributed by atoms with van der Waals surface area (Å²) in [6.45, 7) is 9.87. The normalized spacial score (nSPS) is 12.3. The van der Waals surface area contributed by atoms with Gasteiger partial charge in [-0.05, 0) is 145 Å². The van der Waals surface area contributed by atoms with Crippen molar-refractivity contribution in [3.8, 4) is 34.1 Å². The average Bonchev–Trinajstić information content (AvgIpc) is 3.60. The van der Waals surface area contributed by atoms with Crippen molar-refractivity contribution in [2.45, 2.75) is 64.2 Å². The fraction of sp³-hybridized carbons (Fsp3) is 0.288. The monoisotopic (exact) mass is 902 g/mol. The zero-order valence-corrected chi connectivity index (χ0v) is 36.9. The van der Waals surface area contributed by atoms with E-state index in [1.165, 1.54) is 12.3 Å². The second-order valence-electron chi connectivity index (χ2n) is 14.8. The summed E-state index contributed by atoms with van der Waals surface area (Å²) in [5, 5.41) is 0. The van der Waals surface area contributed by atoms with Crippen molar-refractivity contribution in [1.82, 2.24) is 0 Å². The van der Waals surface area contributed by atoms with Crippen molar-refractivity contribution in [2.75, 3.05) is 33.2 Å². The third kappa shape index (κ3) is 16.8. The molecule has 0 amide bonds. The minimum Gasteiger partial charge on any atom is -0.465 e. The number of fused-ring (bicyclic) bond motifs is 3. The molecular weight excluding hydrogens is 849 g/mol. The molecule has 0 radical (unpaired) electrons. The number of hydrogen-bond donors (Lipinski definition) is 0. The van der Waals surface area contributed by atoms with Crippen LogP contribution in [0.2, 0.25) is 0 Å².